The van der Waals surface area contributed by atoms with Crippen molar-refractivity contribution in [3.8, 4) is 0 Å². The average molecular weight is 529 g/mol. The Kier molecular flexibility index (Phi) is 5.69. The molecule has 3 aromatic heterocycles. The maximum absolute atomic E-state index is 13.4. The van der Waals surface area contributed by atoms with Crippen LogP contribution in [0.3, 0.4) is 0 Å². The van der Waals surface area contributed by atoms with E-state index < -0.39 is 15.8 Å². The molecule has 10 nitrogen and oxygen atoms in total. The number of hydrogen-bond acceptors (Lipinski definition) is 9. The van der Waals surface area contributed by atoms with E-state index in [4.69, 9.17) is 4.52 Å². The summed E-state index contributed by atoms with van der Waals surface area (Å²) in [5, 5.41) is 6.99. The minimum Gasteiger partial charge on any atom is -0.360 e. The molecule has 5 heterocycles. The van der Waals surface area contributed by atoms with E-state index in [-0.39, 0.29) is 29.6 Å². The van der Waals surface area contributed by atoms with Gasteiger partial charge in [-0.1, -0.05) is 5.16 Å². The molecule has 0 radical (unpaired) electrons. The number of carbonyl (C=O) groups excluding carboxylic acids is 1. The van der Waals surface area contributed by atoms with Gasteiger partial charge in [-0.2, -0.15) is 4.31 Å². The Morgan fingerprint density at radius 1 is 1.03 bits per heavy atom. The molecule has 0 bridgehead atoms. The number of rotatable bonds is 4. The molecule has 2 aliphatic heterocycles. The van der Waals surface area contributed by atoms with Crippen molar-refractivity contribution in [1.82, 2.24) is 24.3 Å². The number of thiophene rings is 1. The van der Waals surface area contributed by atoms with Gasteiger partial charge in [0.1, 0.15) is 28.6 Å². The minimum absolute atomic E-state index is 0.00254. The fourth-order valence-electron chi connectivity index (χ4n) is 4.61. The van der Waals surface area contributed by atoms with Crippen molar-refractivity contribution in [3.63, 3.8) is 0 Å². The van der Waals surface area contributed by atoms with Crippen LogP contribution >= 0.6 is 11.3 Å². The number of piperazine rings is 1. The van der Waals surface area contributed by atoms with Crippen LogP contribution in [0.1, 0.15) is 21.8 Å². The number of anilines is 1. The fourth-order valence-corrected chi connectivity index (χ4v) is 6.75. The largest absolute Gasteiger partial charge is 0.360 e. The van der Waals surface area contributed by atoms with Crippen LogP contribution in [0.2, 0.25) is 0 Å². The highest BCUT2D eigenvalue weighted by molar-refractivity contribution is 7.89. The van der Waals surface area contributed by atoms with E-state index in [9.17, 15) is 17.6 Å². The SMILES string of the molecule is O=C(c1noc2c1CN(S(=O)(=O)c1ccc(F)cc1)CC2)N1CCN(c2ncnc3sccc23)CC1. The second-order valence-corrected chi connectivity index (χ2v) is 11.4. The smallest absolute Gasteiger partial charge is 0.276 e. The van der Waals surface area contributed by atoms with Crippen molar-refractivity contribution in [2.75, 3.05) is 37.6 Å². The molecule has 36 heavy (non-hydrogen) atoms. The first-order valence-electron chi connectivity index (χ1n) is 11.4. The number of fused-ring (bicyclic) bond motifs is 2. The number of nitrogens with zero attached hydrogens (tertiary/aromatic N) is 6. The van der Waals surface area contributed by atoms with Crippen LogP contribution in [0.15, 0.2) is 51.5 Å². The van der Waals surface area contributed by atoms with Crippen LogP contribution in [0.25, 0.3) is 10.2 Å². The van der Waals surface area contributed by atoms with Crippen molar-refractivity contribution in [2.24, 2.45) is 0 Å². The summed E-state index contributed by atoms with van der Waals surface area (Å²) in [6, 6.07) is 6.70. The Morgan fingerprint density at radius 2 is 1.81 bits per heavy atom. The summed E-state index contributed by atoms with van der Waals surface area (Å²) < 4.78 is 46.2. The second-order valence-electron chi connectivity index (χ2n) is 8.59. The lowest BCUT2D eigenvalue weighted by molar-refractivity contribution is 0.0734. The maximum atomic E-state index is 13.4. The summed E-state index contributed by atoms with van der Waals surface area (Å²) in [5.41, 5.74) is 0.620. The van der Waals surface area contributed by atoms with E-state index >= 15 is 0 Å². The van der Waals surface area contributed by atoms with Crippen LogP contribution in [-0.4, -0.2) is 71.4 Å². The summed E-state index contributed by atoms with van der Waals surface area (Å²) in [5.74, 6) is 0.572. The topological polar surface area (TPSA) is 113 Å². The van der Waals surface area contributed by atoms with E-state index in [1.165, 1.54) is 16.4 Å². The summed E-state index contributed by atoms with van der Waals surface area (Å²) >= 11 is 1.56. The number of amides is 1. The van der Waals surface area contributed by atoms with Crippen molar-refractivity contribution in [1.29, 1.82) is 0 Å². The molecular formula is C23H21FN6O4S2. The zero-order chi connectivity index (χ0) is 24.9. The molecule has 0 saturated carbocycles. The van der Waals surface area contributed by atoms with E-state index in [2.05, 4.69) is 20.0 Å². The van der Waals surface area contributed by atoms with Gasteiger partial charge in [0, 0.05) is 51.3 Å². The molecule has 0 spiro atoms. The Labute approximate surface area is 210 Å². The number of halogens is 1. The number of carbonyl (C=O) groups is 1. The third-order valence-corrected chi connectivity index (χ3v) is 9.23. The Bertz CT molecular complexity index is 1540. The first-order valence-corrected chi connectivity index (χ1v) is 13.7. The highest BCUT2D eigenvalue weighted by atomic mass is 32.2. The third kappa shape index (κ3) is 3.92. The fraction of sp³-hybridized carbons (Fsp3) is 0.304. The molecule has 0 atom stereocenters. The normalized spacial score (nSPS) is 16.9. The van der Waals surface area contributed by atoms with Gasteiger partial charge in [0.15, 0.2) is 5.69 Å². The molecule has 1 amide bonds. The van der Waals surface area contributed by atoms with Gasteiger partial charge in [0.2, 0.25) is 10.0 Å². The number of sulfonamides is 1. The number of hydrogen-bond donors (Lipinski definition) is 0. The van der Waals surface area contributed by atoms with Gasteiger partial charge >= 0.3 is 0 Å². The lowest BCUT2D eigenvalue weighted by Gasteiger charge is -2.35. The van der Waals surface area contributed by atoms with Gasteiger partial charge in [-0.15, -0.1) is 11.3 Å². The maximum Gasteiger partial charge on any atom is 0.276 e. The minimum atomic E-state index is -3.86. The second kappa shape index (κ2) is 8.91. The molecule has 1 saturated heterocycles. The van der Waals surface area contributed by atoms with Crippen LogP contribution in [0.4, 0.5) is 10.2 Å². The molecule has 13 heteroatoms. The van der Waals surface area contributed by atoms with Crippen molar-refractivity contribution < 1.29 is 22.1 Å². The van der Waals surface area contributed by atoms with Crippen molar-refractivity contribution in [3.05, 3.63) is 64.9 Å². The van der Waals surface area contributed by atoms with E-state index in [0.717, 1.165) is 28.2 Å². The van der Waals surface area contributed by atoms with Gasteiger partial charge in [-0.25, -0.2) is 22.8 Å². The molecule has 1 aromatic carbocycles. The summed E-state index contributed by atoms with van der Waals surface area (Å²) in [6.45, 7) is 2.28. The monoisotopic (exact) mass is 528 g/mol. The van der Waals surface area contributed by atoms with Gasteiger partial charge in [-0.3, -0.25) is 4.79 Å². The van der Waals surface area contributed by atoms with E-state index in [1.54, 1.807) is 22.6 Å². The highest BCUT2D eigenvalue weighted by Gasteiger charge is 2.36. The Morgan fingerprint density at radius 3 is 2.58 bits per heavy atom. The standard InChI is InChI=1S/C23H21FN6O4S2/c24-15-1-3-16(4-2-15)36(32,33)30-7-5-19-18(13-30)20(27-34-19)23(31)29-10-8-28(9-11-29)21-17-6-12-35-22(17)26-14-25-21/h1-4,6,12,14H,5,7-11,13H2. The lowest BCUT2D eigenvalue weighted by Crippen LogP contribution is -2.49. The van der Waals surface area contributed by atoms with E-state index in [1.807, 2.05) is 11.4 Å². The average Bonchev–Trinajstić information content (AvgIpc) is 3.55. The lowest BCUT2D eigenvalue weighted by atomic mass is 10.1. The molecule has 186 valence electrons. The summed E-state index contributed by atoms with van der Waals surface area (Å²) in [7, 11) is -3.86. The van der Waals surface area contributed by atoms with Crippen molar-refractivity contribution >= 4 is 43.3 Å². The first-order chi connectivity index (χ1) is 17.4. The van der Waals surface area contributed by atoms with Gasteiger partial charge < -0.3 is 14.3 Å². The highest BCUT2D eigenvalue weighted by Crippen LogP contribution is 2.30. The third-order valence-electron chi connectivity index (χ3n) is 6.55. The first kappa shape index (κ1) is 23.0. The van der Waals surface area contributed by atoms with Crippen LogP contribution in [-0.2, 0) is 23.0 Å². The predicted octanol–water partition coefficient (Wildman–Crippen LogP) is 2.53. The molecule has 1 fully saturated rings. The van der Waals surface area contributed by atoms with Crippen LogP contribution in [0.5, 0.6) is 0 Å². The Hall–Kier alpha value is -3.42. The zero-order valence-electron chi connectivity index (χ0n) is 19.0. The zero-order valence-corrected chi connectivity index (χ0v) is 20.6. The molecule has 0 N–H and O–H groups in total. The molecule has 2 aliphatic rings. The van der Waals surface area contributed by atoms with Gasteiger partial charge in [0.05, 0.1) is 10.3 Å². The Balaban J connectivity index is 1.18. The van der Waals surface area contributed by atoms with Crippen LogP contribution in [0, 0.1) is 5.82 Å². The van der Waals surface area contributed by atoms with Crippen LogP contribution < -0.4 is 4.90 Å². The number of aromatic nitrogens is 3. The number of benzene rings is 1. The molecular weight excluding hydrogens is 507 g/mol. The molecule has 0 aliphatic carbocycles. The quantitative estimate of drug-likeness (QED) is 0.397. The summed E-state index contributed by atoms with van der Waals surface area (Å²) in [4.78, 5) is 26.9. The molecule has 4 aromatic rings. The molecule has 6 rings (SSSR count). The predicted molar refractivity (Wildman–Crippen MR) is 130 cm³/mol. The van der Waals surface area contributed by atoms with Crippen molar-refractivity contribution in [2.45, 2.75) is 17.9 Å². The molecule has 0 unspecified atom stereocenters. The van der Waals surface area contributed by atoms with E-state index in [0.29, 0.717) is 43.9 Å². The van der Waals surface area contributed by atoms with Gasteiger partial charge in [-0.05, 0) is 35.7 Å². The van der Waals surface area contributed by atoms with Gasteiger partial charge in [0.25, 0.3) is 5.91 Å². The summed E-state index contributed by atoms with van der Waals surface area (Å²) in [6.07, 6.45) is 1.85.